The number of guanidine groups is 1. The van der Waals surface area contributed by atoms with Crippen LogP contribution in [0.5, 0.6) is 5.75 Å². The molecule has 0 saturated heterocycles. The first-order chi connectivity index (χ1) is 20.7. The van der Waals surface area contributed by atoms with Gasteiger partial charge in [0.05, 0.1) is 18.2 Å². The van der Waals surface area contributed by atoms with Crippen LogP contribution in [0.3, 0.4) is 0 Å². The number of ether oxygens (including phenoxy) is 1. The van der Waals surface area contributed by atoms with Crippen LogP contribution in [0.1, 0.15) is 54.6 Å². The number of fused-ring (bicyclic) bond motifs is 2. The van der Waals surface area contributed by atoms with Gasteiger partial charge in [0.2, 0.25) is 11.9 Å². The SMILES string of the molecule is C=NC1=NCc2ccc(c(Cl)c2)OCCCN(C(=O)CCCc2ccccc2)CC(C)(C)CNC(=O)c2ccc(cc2)N1. The van der Waals surface area contributed by atoms with Crippen molar-refractivity contribution in [2.75, 3.05) is 31.6 Å². The first-order valence-electron chi connectivity index (χ1n) is 14.6. The zero-order valence-electron chi connectivity index (χ0n) is 24.9. The van der Waals surface area contributed by atoms with Crippen LogP contribution in [0.4, 0.5) is 5.69 Å². The number of carbonyl (C=O) groups is 2. The molecule has 226 valence electrons. The van der Waals surface area contributed by atoms with E-state index in [-0.39, 0.29) is 17.2 Å². The lowest BCUT2D eigenvalue weighted by Gasteiger charge is -2.33. The van der Waals surface area contributed by atoms with Crippen LogP contribution in [0, 0.1) is 5.41 Å². The van der Waals surface area contributed by atoms with Gasteiger partial charge in [0.25, 0.3) is 5.91 Å². The molecule has 4 bridgehead atoms. The molecule has 6 rings (SSSR count). The van der Waals surface area contributed by atoms with Gasteiger partial charge in [-0.05, 0) is 78.9 Å². The molecule has 0 aliphatic carbocycles. The summed E-state index contributed by atoms with van der Waals surface area (Å²) in [5.74, 6) is 0.869. The van der Waals surface area contributed by atoms with Gasteiger partial charge >= 0.3 is 0 Å². The van der Waals surface area contributed by atoms with Crippen molar-refractivity contribution in [3.05, 3.63) is 94.5 Å². The average Bonchev–Trinajstić information content (AvgIpc) is 3.00. The highest BCUT2D eigenvalue weighted by Gasteiger charge is 2.26. The summed E-state index contributed by atoms with van der Waals surface area (Å²) in [6.45, 7) is 9.94. The number of carbonyl (C=O) groups excluding carboxylic acids is 2. The Hall–Kier alpha value is -4.17. The normalized spacial score (nSPS) is 16.1. The Morgan fingerprint density at radius 1 is 1.12 bits per heavy atom. The van der Waals surface area contributed by atoms with Gasteiger partial charge in [-0.1, -0.05) is 61.8 Å². The fourth-order valence-electron chi connectivity index (χ4n) is 4.86. The van der Waals surface area contributed by atoms with E-state index in [1.54, 1.807) is 24.3 Å². The summed E-state index contributed by atoms with van der Waals surface area (Å²) in [4.78, 5) is 36.8. The van der Waals surface area contributed by atoms with Gasteiger partial charge in [-0.15, -0.1) is 0 Å². The van der Waals surface area contributed by atoms with E-state index in [1.807, 2.05) is 41.3 Å². The summed E-state index contributed by atoms with van der Waals surface area (Å²) in [5.41, 5.74) is 3.02. The number of halogens is 1. The average molecular weight is 602 g/mol. The molecule has 2 amide bonds. The second-order valence-corrected chi connectivity index (χ2v) is 11.9. The molecule has 3 heterocycles. The van der Waals surface area contributed by atoms with Crippen LogP contribution >= 0.6 is 11.6 Å². The molecule has 0 aromatic heterocycles. The zero-order chi connectivity index (χ0) is 30.7. The monoisotopic (exact) mass is 601 g/mol. The molecule has 3 aliphatic heterocycles. The lowest BCUT2D eigenvalue weighted by Crippen LogP contribution is -2.45. The molecule has 9 heteroatoms. The molecule has 3 aromatic rings. The summed E-state index contributed by atoms with van der Waals surface area (Å²) in [6.07, 6.45) is 2.72. The Kier molecular flexibility index (Phi) is 11.3. The van der Waals surface area contributed by atoms with Crippen LogP contribution in [-0.4, -0.2) is 55.6 Å². The molecular formula is C34H40ClN5O3. The Morgan fingerprint density at radius 3 is 2.60 bits per heavy atom. The van der Waals surface area contributed by atoms with Gasteiger partial charge in [-0.25, -0.2) is 9.98 Å². The predicted molar refractivity (Wildman–Crippen MR) is 174 cm³/mol. The van der Waals surface area contributed by atoms with Gasteiger partial charge in [0, 0.05) is 37.3 Å². The molecular weight excluding hydrogens is 562 g/mol. The third kappa shape index (κ3) is 9.96. The lowest BCUT2D eigenvalue weighted by molar-refractivity contribution is -0.132. The highest BCUT2D eigenvalue weighted by molar-refractivity contribution is 6.32. The van der Waals surface area contributed by atoms with Gasteiger partial charge in [-0.3, -0.25) is 9.59 Å². The number of hydrogen-bond acceptors (Lipinski definition) is 6. The molecule has 3 aliphatic rings. The largest absolute Gasteiger partial charge is 0.492 e. The van der Waals surface area contributed by atoms with Crippen molar-refractivity contribution in [3.8, 4) is 5.75 Å². The van der Waals surface area contributed by atoms with E-state index < -0.39 is 0 Å². The molecule has 3 aromatic carbocycles. The molecule has 8 nitrogen and oxygen atoms in total. The van der Waals surface area contributed by atoms with Crippen LogP contribution in [-0.2, 0) is 17.8 Å². The molecule has 0 unspecified atom stereocenters. The highest BCUT2D eigenvalue weighted by atomic mass is 35.5. The van der Waals surface area contributed by atoms with Gasteiger partial charge in [-0.2, -0.15) is 0 Å². The molecule has 0 saturated carbocycles. The number of aliphatic imine (C=N–C) groups is 2. The maximum Gasteiger partial charge on any atom is 0.251 e. The van der Waals surface area contributed by atoms with Crippen LogP contribution < -0.4 is 15.4 Å². The molecule has 2 N–H and O–H groups in total. The zero-order valence-corrected chi connectivity index (χ0v) is 25.7. The number of amides is 2. The van der Waals surface area contributed by atoms with Crippen LogP contribution in [0.25, 0.3) is 0 Å². The first kappa shape index (κ1) is 31.8. The summed E-state index contributed by atoms with van der Waals surface area (Å²) in [5, 5.41) is 6.67. The number of aryl methyl sites for hydroxylation is 1. The number of hydrogen-bond donors (Lipinski definition) is 2. The minimum atomic E-state index is -0.357. The van der Waals surface area contributed by atoms with E-state index in [1.165, 1.54) is 5.56 Å². The minimum absolute atomic E-state index is 0.101. The molecule has 0 atom stereocenters. The third-order valence-corrected chi connectivity index (χ3v) is 7.48. The topological polar surface area (TPSA) is 95.4 Å². The van der Waals surface area contributed by atoms with Crippen LogP contribution in [0.2, 0.25) is 5.02 Å². The summed E-state index contributed by atoms with van der Waals surface area (Å²) in [6, 6.07) is 22.9. The predicted octanol–water partition coefficient (Wildman–Crippen LogP) is 6.40. The van der Waals surface area contributed by atoms with Crippen molar-refractivity contribution in [1.29, 1.82) is 0 Å². The number of benzene rings is 3. The van der Waals surface area contributed by atoms with Crippen molar-refractivity contribution in [3.63, 3.8) is 0 Å². The Morgan fingerprint density at radius 2 is 1.88 bits per heavy atom. The Bertz CT molecular complexity index is 1420. The number of nitrogens with one attached hydrogen (secondary N) is 2. The van der Waals surface area contributed by atoms with E-state index in [2.05, 4.69) is 53.3 Å². The standard InChI is InChI=1S/C34H40ClN5O3/c1-34(2)23-38-32(42)27-14-16-28(17-15-27)39-33(36-3)37-22-26-13-18-30(29(35)21-26)43-20-8-19-40(24-34)31(41)12-7-11-25-9-5-4-6-10-25/h4-6,9-10,13-18,21H,3,7-8,11-12,19-20,22-24H2,1-2H3,(H,37,39)(H,38,42). The molecule has 43 heavy (non-hydrogen) atoms. The van der Waals surface area contributed by atoms with Gasteiger partial charge in [0.1, 0.15) is 5.75 Å². The number of nitrogens with zero attached hydrogens (tertiary/aromatic N) is 3. The van der Waals surface area contributed by atoms with Gasteiger partial charge in [0.15, 0.2) is 0 Å². The van der Waals surface area contributed by atoms with E-state index >= 15 is 0 Å². The highest BCUT2D eigenvalue weighted by Crippen LogP contribution is 2.26. The van der Waals surface area contributed by atoms with E-state index in [4.69, 9.17) is 16.3 Å². The van der Waals surface area contributed by atoms with Crippen molar-refractivity contribution in [2.24, 2.45) is 15.4 Å². The summed E-state index contributed by atoms with van der Waals surface area (Å²) >= 11 is 6.52. The van der Waals surface area contributed by atoms with Crippen LogP contribution in [0.15, 0.2) is 82.8 Å². The fraction of sp³-hybridized carbons (Fsp3) is 0.353. The summed E-state index contributed by atoms with van der Waals surface area (Å²) < 4.78 is 5.99. The maximum atomic E-state index is 13.4. The maximum absolute atomic E-state index is 13.4. The molecule has 0 fully saturated rings. The third-order valence-electron chi connectivity index (χ3n) is 7.19. The summed E-state index contributed by atoms with van der Waals surface area (Å²) in [7, 11) is 0. The first-order valence-corrected chi connectivity index (χ1v) is 15.0. The van der Waals surface area contributed by atoms with E-state index in [0.717, 1.165) is 24.1 Å². The quantitative estimate of drug-likeness (QED) is 0.338. The van der Waals surface area contributed by atoms with Crippen molar-refractivity contribution in [2.45, 2.75) is 46.1 Å². The lowest BCUT2D eigenvalue weighted by atomic mass is 9.92. The minimum Gasteiger partial charge on any atom is -0.492 e. The molecule has 0 spiro atoms. The second-order valence-electron chi connectivity index (χ2n) is 11.5. The number of rotatable bonds is 4. The fourth-order valence-corrected chi connectivity index (χ4v) is 5.12. The Labute approximate surface area is 259 Å². The number of anilines is 1. The van der Waals surface area contributed by atoms with Gasteiger partial charge < -0.3 is 20.3 Å². The smallest absolute Gasteiger partial charge is 0.251 e. The van der Waals surface area contributed by atoms with E-state index in [9.17, 15) is 9.59 Å². The van der Waals surface area contributed by atoms with Crippen molar-refractivity contribution >= 4 is 41.8 Å². The van der Waals surface area contributed by atoms with E-state index in [0.29, 0.717) is 67.9 Å². The second kappa shape index (κ2) is 15.3. The van der Waals surface area contributed by atoms with Crippen molar-refractivity contribution < 1.29 is 14.3 Å². The molecule has 0 radical (unpaired) electrons. The van der Waals surface area contributed by atoms with Crippen molar-refractivity contribution in [1.82, 2.24) is 10.2 Å². The Balaban J connectivity index is 1.50.